The van der Waals surface area contributed by atoms with Gasteiger partial charge in [-0.15, -0.1) is 6.58 Å². The summed E-state index contributed by atoms with van der Waals surface area (Å²) in [4.78, 5) is 50.8. The van der Waals surface area contributed by atoms with Crippen LogP contribution < -0.4 is 21.3 Å². The van der Waals surface area contributed by atoms with E-state index in [9.17, 15) is 19.2 Å². The zero-order chi connectivity index (χ0) is 38.6. The van der Waals surface area contributed by atoms with Gasteiger partial charge < -0.3 is 30.7 Å². The number of benzene rings is 2. The Morgan fingerprint density at radius 3 is 1.92 bits per heavy atom. The number of nitrogens with one attached hydrogen (secondary N) is 4. The van der Waals surface area contributed by atoms with Crippen LogP contribution in [0.1, 0.15) is 98.1 Å². The molecule has 0 aliphatic carbocycles. The van der Waals surface area contributed by atoms with Crippen molar-refractivity contribution in [1.29, 1.82) is 0 Å². The highest BCUT2D eigenvalue weighted by molar-refractivity contribution is 5.84. The maximum Gasteiger partial charge on any atom is 0.408 e. The zero-order valence-corrected chi connectivity index (χ0v) is 32.6. The van der Waals surface area contributed by atoms with E-state index in [0.29, 0.717) is 37.8 Å². The van der Waals surface area contributed by atoms with E-state index in [1.165, 1.54) is 0 Å². The Morgan fingerprint density at radius 1 is 0.788 bits per heavy atom. The van der Waals surface area contributed by atoms with Crippen molar-refractivity contribution in [2.45, 2.75) is 104 Å². The van der Waals surface area contributed by atoms with E-state index in [0.717, 1.165) is 36.8 Å². The minimum Gasteiger partial charge on any atom is -0.448 e. The quantitative estimate of drug-likeness (QED) is 0.0536. The molecule has 10 nitrogen and oxygen atoms in total. The number of amides is 2. The summed E-state index contributed by atoms with van der Waals surface area (Å²) in [6.45, 7) is 18.9. The molecule has 52 heavy (non-hydrogen) atoms. The van der Waals surface area contributed by atoms with Gasteiger partial charge in [0.05, 0.1) is 19.6 Å². The van der Waals surface area contributed by atoms with Crippen LogP contribution in [-0.2, 0) is 29.5 Å². The Labute approximate surface area is 312 Å². The van der Waals surface area contributed by atoms with Crippen molar-refractivity contribution in [2.24, 2.45) is 17.8 Å². The molecule has 10 heteroatoms. The number of ketones is 1. The van der Waals surface area contributed by atoms with E-state index < -0.39 is 17.3 Å². The largest absolute Gasteiger partial charge is 0.448 e. The van der Waals surface area contributed by atoms with E-state index in [1.54, 1.807) is 26.8 Å². The summed E-state index contributed by atoms with van der Waals surface area (Å²) in [5.74, 6) is 0.275. The molecule has 0 aliphatic heterocycles. The summed E-state index contributed by atoms with van der Waals surface area (Å²) in [5, 5.41) is 12.2. The average Bonchev–Trinajstić information content (AvgIpc) is 3.06. The van der Waals surface area contributed by atoms with E-state index >= 15 is 0 Å². The highest BCUT2D eigenvalue weighted by Crippen LogP contribution is 2.37. The first-order valence-corrected chi connectivity index (χ1v) is 18.8. The van der Waals surface area contributed by atoms with Gasteiger partial charge in [0.2, 0.25) is 5.91 Å². The van der Waals surface area contributed by atoms with E-state index in [-0.39, 0.29) is 49.3 Å². The number of carbonyl (C=O) groups is 4. The highest BCUT2D eigenvalue weighted by Gasteiger charge is 2.37. The molecule has 288 valence electrons. The number of esters is 1. The van der Waals surface area contributed by atoms with Crippen molar-refractivity contribution in [2.75, 3.05) is 32.7 Å². The van der Waals surface area contributed by atoms with Crippen molar-refractivity contribution in [3.8, 4) is 0 Å². The van der Waals surface area contributed by atoms with Crippen molar-refractivity contribution in [1.82, 2.24) is 21.3 Å². The molecular formula is C42H64N4O6. The summed E-state index contributed by atoms with van der Waals surface area (Å²) in [7, 11) is 0. The molecule has 4 N–H and O–H groups in total. The van der Waals surface area contributed by atoms with Crippen LogP contribution in [0.3, 0.4) is 0 Å². The number of hydrogen-bond donors (Lipinski definition) is 4. The Morgan fingerprint density at radius 2 is 1.38 bits per heavy atom. The van der Waals surface area contributed by atoms with Crippen molar-refractivity contribution >= 4 is 23.8 Å². The Kier molecular flexibility index (Phi) is 19.4. The van der Waals surface area contributed by atoms with Gasteiger partial charge in [0.1, 0.15) is 5.60 Å². The predicted octanol–water partition coefficient (Wildman–Crippen LogP) is 6.69. The fourth-order valence-electron chi connectivity index (χ4n) is 6.35. The topological polar surface area (TPSA) is 135 Å². The minimum atomic E-state index is -0.979. The summed E-state index contributed by atoms with van der Waals surface area (Å²) in [5.41, 5.74) is 0.151. The molecule has 0 spiro atoms. The summed E-state index contributed by atoms with van der Waals surface area (Å²) in [6, 6.07) is 19.5. The molecule has 0 bridgehead atoms. The lowest BCUT2D eigenvalue weighted by molar-refractivity contribution is -0.155. The maximum absolute atomic E-state index is 13.2. The Hall–Kier alpha value is -4.02. The second-order valence-electron chi connectivity index (χ2n) is 15.5. The first-order valence-electron chi connectivity index (χ1n) is 18.8. The molecule has 0 aliphatic rings. The number of hydrogen-bond acceptors (Lipinski definition) is 8. The van der Waals surface area contributed by atoms with Crippen LogP contribution in [0, 0.1) is 17.8 Å². The molecule has 2 aromatic carbocycles. The summed E-state index contributed by atoms with van der Waals surface area (Å²) >= 11 is 0. The van der Waals surface area contributed by atoms with Crippen molar-refractivity contribution < 1.29 is 28.7 Å². The molecule has 0 fully saturated rings. The summed E-state index contributed by atoms with van der Waals surface area (Å²) < 4.78 is 11.5. The van der Waals surface area contributed by atoms with E-state index in [2.05, 4.69) is 55.5 Å². The van der Waals surface area contributed by atoms with Gasteiger partial charge in [0, 0.05) is 30.0 Å². The number of rotatable bonds is 24. The third kappa shape index (κ3) is 17.5. The Bertz CT molecular complexity index is 1330. The second-order valence-corrected chi connectivity index (χ2v) is 15.5. The normalized spacial score (nSPS) is 12.9. The monoisotopic (exact) mass is 720 g/mol. The number of alkyl carbamates (subject to hydrolysis) is 1. The molecule has 0 saturated carbocycles. The maximum atomic E-state index is 13.2. The second kappa shape index (κ2) is 22.8. The van der Waals surface area contributed by atoms with Crippen molar-refractivity contribution in [3.63, 3.8) is 0 Å². The lowest BCUT2D eigenvalue weighted by Gasteiger charge is -2.34. The molecule has 2 aromatic rings. The van der Waals surface area contributed by atoms with Crippen LogP contribution in [0.5, 0.6) is 0 Å². The predicted molar refractivity (Wildman–Crippen MR) is 208 cm³/mol. The van der Waals surface area contributed by atoms with Gasteiger partial charge in [-0.1, -0.05) is 94.4 Å². The fraction of sp³-hybridized carbons (Fsp3) is 0.571. The molecule has 2 atom stereocenters. The Balaban J connectivity index is 1.84. The van der Waals surface area contributed by atoms with E-state index in [1.807, 2.05) is 60.7 Å². The molecule has 2 rings (SSSR count). The minimum absolute atomic E-state index is 0.00794. The van der Waals surface area contributed by atoms with E-state index in [4.69, 9.17) is 9.47 Å². The molecular weight excluding hydrogens is 656 g/mol. The number of ether oxygens (including phenoxy) is 2. The first-order chi connectivity index (χ1) is 24.6. The molecule has 0 saturated heterocycles. The standard InChI is InChI=1S/C42H64N4O6/c1-9-22-42(34-17-12-10-13-18-34,35-19-14-11-15-20-35)51-39(49)30-43-23-16-21-36(25-32(4)5)46-38(48)29-44-27-33(24-31(2)3)26-37(47)28-45-40(50)52-41(6,7)8/h9-15,17-20,31-33,36,43-44H,1,16,21-30H2,2-8H3,(H,45,50)(H,46,48)/t33-,36-/m1/s1. The van der Waals surface area contributed by atoms with Crippen LogP contribution in [-0.4, -0.2) is 68.1 Å². The highest BCUT2D eigenvalue weighted by atomic mass is 16.6. The van der Waals surface area contributed by atoms with Gasteiger partial charge in [-0.2, -0.15) is 0 Å². The van der Waals surface area contributed by atoms with Gasteiger partial charge >= 0.3 is 12.1 Å². The van der Waals surface area contributed by atoms with Crippen LogP contribution in [0.4, 0.5) is 4.79 Å². The van der Waals surface area contributed by atoms with Crippen LogP contribution >= 0.6 is 0 Å². The summed E-state index contributed by atoms with van der Waals surface area (Å²) in [6.07, 6.45) is 5.07. The smallest absolute Gasteiger partial charge is 0.408 e. The van der Waals surface area contributed by atoms with Crippen LogP contribution in [0.15, 0.2) is 73.3 Å². The van der Waals surface area contributed by atoms with Gasteiger partial charge in [-0.05, 0) is 77.3 Å². The molecule has 2 amide bonds. The number of carbonyl (C=O) groups excluding carboxylic acids is 4. The third-order valence-corrected chi connectivity index (χ3v) is 8.37. The zero-order valence-electron chi connectivity index (χ0n) is 32.6. The van der Waals surface area contributed by atoms with Crippen LogP contribution in [0.2, 0.25) is 0 Å². The first kappa shape index (κ1) is 44.1. The average molecular weight is 721 g/mol. The molecule has 0 aromatic heterocycles. The van der Waals surface area contributed by atoms with Gasteiger partial charge in [-0.3, -0.25) is 14.4 Å². The van der Waals surface area contributed by atoms with Crippen LogP contribution in [0.25, 0.3) is 0 Å². The molecule has 0 unspecified atom stereocenters. The van der Waals surface area contributed by atoms with Crippen molar-refractivity contribution in [3.05, 3.63) is 84.4 Å². The van der Waals surface area contributed by atoms with Gasteiger partial charge in [-0.25, -0.2) is 4.79 Å². The molecule has 0 heterocycles. The van der Waals surface area contributed by atoms with Gasteiger partial charge in [0.15, 0.2) is 11.4 Å². The SMILES string of the molecule is C=CCC(OC(=O)CNCCC[C@H](CC(C)C)NC(=O)CNC[C@@H](CC(=O)CNC(=O)OC(C)(C)C)CC(C)C)(c1ccccc1)c1ccccc1. The third-order valence-electron chi connectivity index (χ3n) is 8.37. The molecule has 0 radical (unpaired) electrons. The number of Topliss-reactive ketones (excluding diaryl/α,β-unsaturated/α-hetero) is 1. The fourth-order valence-corrected chi connectivity index (χ4v) is 6.35. The lowest BCUT2D eigenvalue weighted by Crippen LogP contribution is -2.42. The van der Waals surface area contributed by atoms with Gasteiger partial charge in [0.25, 0.3) is 0 Å². The lowest BCUT2D eigenvalue weighted by atomic mass is 9.83.